The van der Waals surface area contributed by atoms with Crippen molar-refractivity contribution in [3.63, 3.8) is 0 Å². The van der Waals surface area contributed by atoms with Crippen LogP contribution in [0.1, 0.15) is 19.5 Å². The Morgan fingerprint density at radius 1 is 1.09 bits per heavy atom. The van der Waals surface area contributed by atoms with Crippen molar-refractivity contribution in [3.05, 3.63) is 42.1 Å². The minimum atomic E-state index is 0.108. The minimum absolute atomic E-state index is 0.108. The lowest BCUT2D eigenvalue weighted by atomic mass is 10.2. The van der Waals surface area contributed by atoms with Crippen molar-refractivity contribution in [3.8, 4) is 28.7 Å². The Morgan fingerprint density at radius 3 is 2.68 bits per heavy atom. The molecule has 0 saturated heterocycles. The third kappa shape index (κ3) is 3.11. The van der Waals surface area contributed by atoms with Gasteiger partial charge in [0.25, 0.3) is 5.89 Å². The quantitative estimate of drug-likeness (QED) is 0.735. The van der Waals surface area contributed by atoms with Crippen LogP contribution in [0.15, 0.2) is 40.9 Å². The third-order valence-corrected chi connectivity index (χ3v) is 2.91. The second-order valence-electron chi connectivity index (χ2n) is 5.18. The van der Waals surface area contributed by atoms with Gasteiger partial charge in [-0.3, -0.25) is 0 Å². The van der Waals surface area contributed by atoms with E-state index in [-0.39, 0.29) is 6.10 Å². The summed E-state index contributed by atoms with van der Waals surface area (Å²) in [5.41, 5.74) is 2.22. The van der Waals surface area contributed by atoms with Crippen LogP contribution >= 0.6 is 0 Å². The topological polar surface area (TPSA) is 73.9 Å². The predicted octanol–water partition coefficient (Wildman–Crippen LogP) is 3.29. The van der Waals surface area contributed by atoms with Crippen LogP contribution in [0.25, 0.3) is 23.0 Å². The molecule has 2 heterocycles. The van der Waals surface area contributed by atoms with Gasteiger partial charge in [-0.05, 0) is 51.1 Å². The normalized spacial score (nSPS) is 10.9. The van der Waals surface area contributed by atoms with Crippen LogP contribution < -0.4 is 4.74 Å². The molecule has 2 aromatic heterocycles. The first-order valence-corrected chi connectivity index (χ1v) is 7.03. The van der Waals surface area contributed by atoms with E-state index in [1.807, 2.05) is 57.2 Å². The van der Waals surface area contributed by atoms with Crippen LogP contribution in [0.5, 0.6) is 5.75 Å². The van der Waals surface area contributed by atoms with Gasteiger partial charge in [0, 0.05) is 5.56 Å². The molecule has 3 rings (SSSR count). The first kappa shape index (κ1) is 14.2. The molecule has 6 heteroatoms. The van der Waals surface area contributed by atoms with Crippen molar-refractivity contribution in [1.29, 1.82) is 0 Å². The summed E-state index contributed by atoms with van der Waals surface area (Å²) in [7, 11) is 0. The first-order valence-electron chi connectivity index (χ1n) is 7.03. The fourth-order valence-corrected chi connectivity index (χ4v) is 1.94. The van der Waals surface area contributed by atoms with E-state index in [2.05, 4.69) is 20.3 Å². The van der Waals surface area contributed by atoms with Gasteiger partial charge in [-0.15, -0.1) is 5.10 Å². The van der Waals surface area contributed by atoms with Crippen molar-refractivity contribution in [1.82, 2.24) is 20.3 Å². The third-order valence-electron chi connectivity index (χ3n) is 2.91. The summed E-state index contributed by atoms with van der Waals surface area (Å²) in [5, 5.41) is 12.0. The number of aromatic nitrogens is 4. The van der Waals surface area contributed by atoms with E-state index in [4.69, 9.17) is 9.26 Å². The highest BCUT2D eigenvalue weighted by atomic mass is 16.5. The van der Waals surface area contributed by atoms with Crippen molar-refractivity contribution >= 4 is 0 Å². The second-order valence-corrected chi connectivity index (χ2v) is 5.18. The van der Waals surface area contributed by atoms with Gasteiger partial charge in [0.1, 0.15) is 11.4 Å². The zero-order chi connectivity index (χ0) is 15.5. The Labute approximate surface area is 128 Å². The summed E-state index contributed by atoms with van der Waals surface area (Å²) < 4.78 is 11.0. The molecule has 0 saturated carbocycles. The lowest BCUT2D eigenvalue weighted by Crippen LogP contribution is -2.05. The highest BCUT2D eigenvalue weighted by molar-refractivity contribution is 5.58. The number of hydrogen-bond donors (Lipinski definition) is 0. The molecule has 0 aliphatic carbocycles. The van der Waals surface area contributed by atoms with Crippen LogP contribution in [0.4, 0.5) is 0 Å². The molecule has 0 atom stereocenters. The number of ether oxygens (including phenoxy) is 1. The van der Waals surface area contributed by atoms with E-state index in [1.165, 1.54) is 0 Å². The summed E-state index contributed by atoms with van der Waals surface area (Å²) in [6, 6.07) is 11.2. The Morgan fingerprint density at radius 2 is 1.95 bits per heavy atom. The number of aryl methyl sites for hydroxylation is 1. The van der Waals surface area contributed by atoms with Crippen molar-refractivity contribution in [2.45, 2.75) is 26.9 Å². The monoisotopic (exact) mass is 296 g/mol. The zero-order valence-corrected chi connectivity index (χ0v) is 12.6. The lowest BCUT2D eigenvalue weighted by molar-refractivity contribution is 0.242. The van der Waals surface area contributed by atoms with Gasteiger partial charge in [0.15, 0.2) is 0 Å². The molecule has 0 aliphatic heterocycles. The van der Waals surface area contributed by atoms with Gasteiger partial charge < -0.3 is 9.26 Å². The van der Waals surface area contributed by atoms with Gasteiger partial charge in [0.05, 0.1) is 11.8 Å². The fraction of sp³-hybridized carbons (Fsp3) is 0.250. The SMILES string of the molecule is Cc1ccc(-c2noc(-c3cccc(OC(C)C)c3)n2)nn1. The van der Waals surface area contributed by atoms with Crippen molar-refractivity contribution in [2.24, 2.45) is 0 Å². The minimum Gasteiger partial charge on any atom is -0.491 e. The summed E-state index contributed by atoms with van der Waals surface area (Å²) in [5.74, 6) is 1.60. The maximum absolute atomic E-state index is 5.67. The Kier molecular flexibility index (Phi) is 3.82. The molecule has 22 heavy (non-hydrogen) atoms. The molecule has 1 aromatic carbocycles. The van der Waals surface area contributed by atoms with Crippen LogP contribution in [0.3, 0.4) is 0 Å². The molecule has 0 bridgehead atoms. The zero-order valence-electron chi connectivity index (χ0n) is 12.6. The van der Waals surface area contributed by atoms with Gasteiger partial charge in [0.2, 0.25) is 5.82 Å². The standard InChI is InChI=1S/C16H16N4O2/c1-10(2)21-13-6-4-5-12(9-13)16-17-15(20-22-16)14-8-7-11(3)18-19-14/h4-10H,1-3H3. The molecular formula is C16H16N4O2. The van der Waals surface area contributed by atoms with Crippen LogP contribution in [-0.4, -0.2) is 26.4 Å². The largest absolute Gasteiger partial charge is 0.491 e. The number of nitrogens with zero attached hydrogens (tertiary/aromatic N) is 4. The molecule has 0 N–H and O–H groups in total. The smallest absolute Gasteiger partial charge is 0.258 e. The maximum Gasteiger partial charge on any atom is 0.258 e. The molecule has 0 aliphatic rings. The molecular weight excluding hydrogens is 280 g/mol. The molecule has 0 amide bonds. The molecule has 0 unspecified atom stereocenters. The summed E-state index contributed by atoms with van der Waals surface area (Å²) in [6.45, 7) is 5.83. The van der Waals surface area contributed by atoms with Crippen LogP contribution in [-0.2, 0) is 0 Å². The Hall–Kier alpha value is -2.76. The summed E-state index contributed by atoms with van der Waals surface area (Å²) >= 11 is 0. The summed E-state index contributed by atoms with van der Waals surface area (Å²) in [6.07, 6.45) is 0.108. The predicted molar refractivity (Wildman–Crippen MR) is 81.3 cm³/mol. The van der Waals surface area contributed by atoms with Gasteiger partial charge in [-0.2, -0.15) is 10.1 Å². The van der Waals surface area contributed by atoms with Crippen LogP contribution in [0.2, 0.25) is 0 Å². The van der Waals surface area contributed by atoms with E-state index in [9.17, 15) is 0 Å². The fourth-order valence-electron chi connectivity index (χ4n) is 1.94. The highest BCUT2D eigenvalue weighted by Gasteiger charge is 2.12. The average Bonchev–Trinajstić information content (AvgIpc) is 2.97. The summed E-state index contributed by atoms with van der Waals surface area (Å²) in [4.78, 5) is 4.36. The molecule has 6 nitrogen and oxygen atoms in total. The molecule has 0 fully saturated rings. The van der Waals surface area contributed by atoms with E-state index in [0.717, 1.165) is 17.0 Å². The van der Waals surface area contributed by atoms with E-state index >= 15 is 0 Å². The van der Waals surface area contributed by atoms with Gasteiger partial charge in [-0.1, -0.05) is 11.2 Å². The Balaban J connectivity index is 1.89. The Bertz CT molecular complexity index is 766. The molecule has 0 spiro atoms. The van der Waals surface area contributed by atoms with Crippen molar-refractivity contribution in [2.75, 3.05) is 0 Å². The first-order chi connectivity index (χ1) is 10.6. The maximum atomic E-state index is 5.67. The second kappa shape index (κ2) is 5.93. The highest BCUT2D eigenvalue weighted by Crippen LogP contribution is 2.25. The number of benzene rings is 1. The van der Waals surface area contributed by atoms with Crippen molar-refractivity contribution < 1.29 is 9.26 Å². The van der Waals surface area contributed by atoms with E-state index < -0.39 is 0 Å². The lowest BCUT2D eigenvalue weighted by Gasteiger charge is -2.09. The number of rotatable bonds is 4. The van der Waals surface area contributed by atoms with E-state index in [0.29, 0.717) is 17.4 Å². The molecule has 0 radical (unpaired) electrons. The van der Waals surface area contributed by atoms with Crippen LogP contribution in [0, 0.1) is 6.92 Å². The van der Waals surface area contributed by atoms with E-state index in [1.54, 1.807) is 0 Å². The molecule has 112 valence electrons. The van der Waals surface area contributed by atoms with Gasteiger partial charge >= 0.3 is 0 Å². The van der Waals surface area contributed by atoms with Gasteiger partial charge in [-0.25, -0.2) is 0 Å². The molecule has 3 aromatic rings. The number of hydrogen-bond acceptors (Lipinski definition) is 6. The average molecular weight is 296 g/mol.